The molecule has 5 heteroatoms. The number of benzene rings is 1. The summed E-state index contributed by atoms with van der Waals surface area (Å²) in [7, 11) is 1.75. The van der Waals surface area contributed by atoms with Crippen molar-refractivity contribution in [2.45, 2.75) is 47.6 Å². The van der Waals surface area contributed by atoms with E-state index in [1.807, 2.05) is 41.5 Å². The molecule has 1 unspecified atom stereocenters. The molecule has 0 heterocycles. The highest BCUT2D eigenvalue weighted by atomic mass is 35.5. The Hall–Kier alpha value is -1.23. The van der Waals surface area contributed by atoms with Crippen LogP contribution < -0.4 is 5.32 Å². The summed E-state index contributed by atoms with van der Waals surface area (Å²) >= 11 is 0. The van der Waals surface area contributed by atoms with Crippen molar-refractivity contribution < 1.29 is 14.7 Å². The monoisotopic (exact) mass is 355 g/mol. The Bertz CT molecular complexity index is 598. The van der Waals surface area contributed by atoms with Gasteiger partial charge in [-0.3, -0.25) is 9.59 Å². The molecule has 0 aromatic heterocycles. The van der Waals surface area contributed by atoms with Gasteiger partial charge in [-0.05, 0) is 18.7 Å². The molecular weight excluding hydrogens is 326 g/mol. The number of hydrogen-bond donors (Lipinski definition) is 2. The zero-order valence-electron chi connectivity index (χ0n) is 15.7. The van der Waals surface area contributed by atoms with E-state index in [4.69, 9.17) is 0 Å². The van der Waals surface area contributed by atoms with Crippen molar-refractivity contribution in [3.05, 3.63) is 34.9 Å². The molecule has 0 radical (unpaired) electrons. The van der Waals surface area contributed by atoms with Crippen molar-refractivity contribution in [3.63, 3.8) is 0 Å². The van der Waals surface area contributed by atoms with Crippen molar-refractivity contribution >= 4 is 24.0 Å². The van der Waals surface area contributed by atoms with Crippen molar-refractivity contribution in [1.29, 1.82) is 0 Å². The van der Waals surface area contributed by atoms with E-state index in [-0.39, 0.29) is 24.0 Å². The number of likely N-dealkylation sites (N-methyl/N-ethyl adjacent to an activating group) is 1. The standard InChI is InChI=1S/C19H29NO3.ClH/c1-18(2,3)16(22)13-9-8-12(15(21)11-20-7)10-14(13)17(23)19(4,5)6;/h8-10,15,20-21H,11H2,1-7H3;1H. The minimum Gasteiger partial charge on any atom is -0.387 e. The van der Waals surface area contributed by atoms with Crippen LogP contribution in [0.2, 0.25) is 0 Å². The number of halogens is 1. The smallest absolute Gasteiger partial charge is 0.168 e. The molecule has 0 fully saturated rings. The minimum absolute atomic E-state index is 0. The number of carbonyl (C=O) groups excluding carboxylic acids is 2. The van der Waals surface area contributed by atoms with Crippen LogP contribution in [0.3, 0.4) is 0 Å². The van der Waals surface area contributed by atoms with Gasteiger partial charge >= 0.3 is 0 Å². The van der Waals surface area contributed by atoms with E-state index in [9.17, 15) is 14.7 Å². The molecule has 1 aromatic rings. The molecule has 136 valence electrons. The Kier molecular flexibility index (Phi) is 7.81. The SMILES string of the molecule is CNCC(O)c1ccc(C(=O)C(C)(C)C)c(C(=O)C(C)(C)C)c1.Cl. The van der Waals surface area contributed by atoms with Gasteiger partial charge in [-0.1, -0.05) is 53.7 Å². The Morgan fingerprint density at radius 2 is 1.46 bits per heavy atom. The van der Waals surface area contributed by atoms with Crippen molar-refractivity contribution in [2.75, 3.05) is 13.6 Å². The number of hydrogen-bond acceptors (Lipinski definition) is 4. The zero-order valence-corrected chi connectivity index (χ0v) is 16.5. The fourth-order valence-electron chi connectivity index (χ4n) is 2.27. The van der Waals surface area contributed by atoms with Crippen LogP contribution in [0.15, 0.2) is 18.2 Å². The lowest BCUT2D eigenvalue weighted by Crippen LogP contribution is -2.27. The van der Waals surface area contributed by atoms with Crippen molar-refractivity contribution in [1.82, 2.24) is 5.32 Å². The van der Waals surface area contributed by atoms with Gasteiger partial charge in [0.2, 0.25) is 0 Å². The Morgan fingerprint density at radius 1 is 1.00 bits per heavy atom. The molecule has 1 aromatic carbocycles. The first-order chi connectivity index (χ1) is 10.4. The molecule has 0 bridgehead atoms. The minimum atomic E-state index is -0.717. The molecule has 0 spiro atoms. The second-order valence-electron chi connectivity index (χ2n) is 8.04. The molecule has 1 rings (SSSR count). The Labute approximate surface area is 151 Å². The lowest BCUT2D eigenvalue weighted by molar-refractivity contribution is 0.0823. The largest absolute Gasteiger partial charge is 0.387 e. The topological polar surface area (TPSA) is 66.4 Å². The highest BCUT2D eigenvalue weighted by Crippen LogP contribution is 2.30. The number of ketones is 2. The average Bonchev–Trinajstić information content (AvgIpc) is 2.43. The Balaban J connectivity index is 0.00000529. The lowest BCUT2D eigenvalue weighted by Gasteiger charge is -2.23. The van der Waals surface area contributed by atoms with Gasteiger partial charge in [0.15, 0.2) is 11.6 Å². The summed E-state index contributed by atoms with van der Waals surface area (Å²) in [5, 5.41) is 13.1. The van der Waals surface area contributed by atoms with Gasteiger partial charge in [-0.15, -0.1) is 12.4 Å². The third kappa shape index (κ3) is 5.40. The van der Waals surface area contributed by atoms with Gasteiger partial charge in [0, 0.05) is 28.5 Å². The number of rotatable bonds is 5. The van der Waals surface area contributed by atoms with E-state index in [1.165, 1.54) is 0 Å². The maximum atomic E-state index is 12.8. The second kappa shape index (κ2) is 8.24. The van der Waals surface area contributed by atoms with Crippen LogP contribution in [0.25, 0.3) is 0 Å². The quantitative estimate of drug-likeness (QED) is 0.788. The third-order valence-corrected chi connectivity index (χ3v) is 3.68. The van der Waals surface area contributed by atoms with Crippen LogP contribution in [0, 0.1) is 10.8 Å². The van der Waals surface area contributed by atoms with Crippen LogP contribution in [0.4, 0.5) is 0 Å². The normalized spacial score (nSPS) is 13.2. The molecule has 0 saturated carbocycles. The number of carbonyl (C=O) groups is 2. The summed E-state index contributed by atoms with van der Waals surface area (Å²) < 4.78 is 0. The second-order valence-corrected chi connectivity index (χ2v) is 8.04. The van der Waals surface area contributed by atoms with Crippen LogP contribution >= 0.6 is 12.4 Å². The van der Waals surface area contributed by atoms with E-state index < -0.39 is 16.9 Å². The fraction of sp³-hybridized carbons (Fsp3) is 0.579. The van der Waals surface area contributed by atoms with E-state index in [1.54, 1.807) is 25.2 Å². The summed E-state index contributed by atoms with van der Waals surface area (Å²) in [6.07, 6.45) is -0.717. The first kappa shape index (κ1) is 22.8. The maximum absolute atomic E-state index is 12.8. The molecule has 0 aliphatic carbocycles. The number of Topliss-reactive ketones (excluding diaryl/α,β-unsaturated/α-hetero) is 2. The third-order valence-electron chi connectivity index (χ3n) is 3.68. The first-order valence-electron chi connectivity index (χ1n) is 7.95. The van der Waals surface area contributed by atoms with Crippen LogP contribution in [0.1, 0.15) is 73.9 Å². The van der Waals surface area contributed by atoms with Crippen LogP contribution in [-0.4, -0.2) is 30.3 Å². The molecule has 2 N–H and O–H groups in total. The van der Waals surface area contributed by atoms with E-state index in [0.29, 0.717) is 23.2 Å². The fourth-order valence-corrected chi connectivity index (χ4v) is 2.27. The number of aliphatic hydroxyl groups is 1. The maximum Gasteiger partial charge on any atom is 0.168 e. The molecule has 0 amide bonds. The molecule has 1 atom stereocenters. The number of aliphatic hydroxyl groups excluding tert-OH is 1. The van der Waals surface area contributed by atoms with Gasteiger partial charge in [-0.25, -0.2) is 0 Å². The van der Waals surface area contributed by atoms with Gasteiger partial charge in [-0.2, -0.15) is 0 Å². The summed E-state index contributed by atoms with van der Waals surface area (Å²) in [6, 6.07) is 5.05. The van der Waals surface area contributed by atoms with Crippen molar-refractivity contribution in [3.8, 4) is 0 Å². The summed E-state index contributed by atoms with van der Waals surface area (Å²) in [5.74, 6) is -0.164. The summed E-state index contributed by atoms with van der Waals surface area (Å²) in [5.41, 5.74) is 0.289. The Morgan fingerprint density at radius 3 is 1.88 bits per heavy atom. The van der Waals surface area contributed by atoms with Crippen LogP contribution in [-0.2, 0) is 0 Å². The van der Waals surface area contributed by atoms with E-state index in [2.05, 4.69) is 5.32 Å². The van der Waals surface area contributed by atoms with Gasteiger partial charge in [0.05, 0.1) is 6.10 Å². The highest BCUT2D eigenvalue weighted by Gasteiger charge is 2.31. The molecule has 0 aliphatic heterocycles. The highest BCUT2D eigenvalue weighted by molar-refractivity contribution is 6.12. The van der Waals surface area contributed by atoms with Gasteiger partial charge < -0.3 is 10.4 Å². The van der Waals surface area contributed by atoms with Crippen molar-refractivity contribution in [2.24, 2.45) is 10.8 Å². The van der Waals surface area contributed by atoms with Crippen LogP contribution in [0.5, 0.6) is 0 Å². The molecular formula is C19H30ClNO3. The van der Waals surface area contributed by atoms with Gasteiger partial charge in [0.1, 0.15) is 0 Å². The lowest BCUT2D eigenvalue weighted by atomic mass is 9.79. The van der Waals surface area contributed by atoms with E-state index >= 15 is 0 Å². The molecule has 24 heavy (non-hydrogen) atoms. The first-order valence-corrected chi connectivity index (χ1v) is 7.95. The van der Waals surface area contributed by atoms with Gasteiger partial charge in [0.25, 0.3) is 0 Å². The summed E-state index contributed by atoms with van der Waals surface area (Å²) in [6.45, 7) is 11.4. The van der Waals surface area contributed by atoms with E-state index in [0.717, 1.165) is 0 Å². The molecule has 4 nitrogen and oxygen atoms in total. The predicted octanol–water partition coefficient (Wildman–Crippen LogP) is 3.82. The summed E-state index contributed by atoms with van der Waals surface area (Å²) in [4.78, 5) is 25.5. The average molecular weight is 356 g/mol. The predicted molar refractivity (Wildman–Crippen MR) is 100 cm³/mol. The molecule has 0 saturated heterocycles. The zero-order chi connectivity index (χ0) is 18.0. The molecule has 0 aliphatic rings. The number of nitrogens with one attached hydrogen (secondary N) is 1.